The van der Waals surface area contributed by atoms with Crippen molar-refractivity contribution >= 4 is 23.1 Å². The third-order valence-corrected chi connectivity index (χ3v) is 2.52. The average Bonchev–Trinajstić information content (AvgIpc) is 2.40. The molecule has 2 rings (SSSR count). The molecule has 0 saturated heterocycles. The largest absolute Gasteiger partial charge is 0.495 e. The molecule has 0 unspecified atom stereocenters. The lowest BCUT2D eigenvalue weighted by Crippen LogP contribution is -2.19. The Labute approximate surface area is 111 Å². The summed E-state index contributed by atoms with van der Waals surface area (Å²) in [6, 6.07) is 13.9. The average molecular weight is 257 g/mol. The van der Waals surface area contributed by atoms with Crippen LogP contribution in [0.3, 0.4) is 0 Å². The number of nitrogens with one attached hydrogen (secondary N) is 2. The topological polar surface area (TPSA) is 76.4 Å². The first-order valence-electron chi connectivity index (χ1n) is 5.75. The highest BCUT2D eigenvalue weighted by Crippen LogP contribution is 2.24. The fourth-order valence-electron chi connectivity index (χ4n) is 1.63. The number of hydrogen-bond donors (Lipinski definition) is 3. The summed E-state index contributed by atoms with van der Waals surface area (Å²) in [5.74, 6) is 0.578. The highest BCUT2D eigenvalue weighted by atomic mass is 16.5. The molecule has 0 aromatic heterocycles. The number of ether oxygens (including phenoxy) is 1. The molecule has 0 aliphatic heterocycles. The van der Waals surface area contributed by atoms with E-state index in [1.165, 1.54) is 0 Å². The van der Waals surface area contributed by atoms with Crippen molar-refractivity contribution in [1.29, 1.82) is 0 Å². The normalized spacial score (nSPS) is 9.74. The van der Waals surface area contributed by atoms with Gasteiger partial charge in [-0.15, -0.1) is 0 Å². The Morgan fingerprint density at radius 1 is 1.05 bits per heavy atom. The number of hydrogen-bond acceptors (Lipinski definition) is 3. The van der Waals surface area contributed by atoms with Crippen LogP contribution in [0.1, 0.15) is 0 Å². The summed E-state index contributed by atoms with van der Waals surface area (Å²) >= 11 is 0. The second-order valence-corrected chi connectivity index (χ2v) is 3.90. The predicted molar refractivity (Wildman–Crippen MR) is 76.5 cm³/mol. The zero-order valence-corrected chi connectivity index (χ0v) is 10.5. The van der Waals surface area contributed by atoms with Gasteiger partial charge in [-0.3, -0.25) is 0 Å². The summed E-state index contributed by atoms with van der Waals surface area (Å²) in [4.78, 5) is 11.8. The van der Waals surface area contributed by atoms with Gasteiger partial charge in [0.1, 0.15) is 5.75 Å². The molecule has 5 nitrogen and oxygen atoms in total. The third kappa shape index (κ3) is 3.38. The van der Waals surface area contributed by atoms with E-state index in [4.69, 9.17) is 10.5 Å². The van der Waals surface area contributed by atoms with Gasteiger partial charge >= 0.3 is 6.03 Å². The van der Waals surface area contributed by atoms with Gasteiger partial charge in [0.15, 0.2) is 0 Å². The van der Waals surface area contributed by atoms with Crippen molar-refractivity contribution in [3.8, 4) is 5.75 Å². The number of nitrogens with two attached hydrogens (primary N) is 1. The lowest BCUT2D eigenvalue weighted by atomic mass is 10.2. The Bertz CT molecular complexity index is 570. The first kappa shape index (κ1) is 12.8. The van der Waals surface area contributed by atoms with E-state index in [1.54, 1.807) is 25.3 Å². The molecular formula is C14H15N3O2. The quantitative estimate of drug-likeness (QED) is 0.740. The molecule has 0 aliphatic carbocycles. The van der Waals surface area contributed by atoms with Crippen molar-refractivity contribution in [1.82, 2.24) is 0 Å². The summed E-state index contributed by atoms with van der Waals surface area (Å²) in [6.07, 6.45) is 0. The molecule has 0 radical (unpaired) electrons. The smallest absolute Gasteiger partial charge is 0.323 e. The summed E-state index contributed by atoms with van der Waals surface area (Å²) in [6.45, 7) is 0. The van der Waals surface area contributed by atoms with E-state index in [0.717, 1.165) is 5.69 Å². The molecule has 0 fully saturated rings. The first-order chi connectivity index (χ1) is 9.19. The SMILES string of the molecule is COc1ccc(NC(=O)Nc2ccccc2)cc1N. The fourth-order valence-corrected chi connectivity index (χ4v) is 1.63. The van der Waals surface area contributed by atoms with Crippen molar-refractivity contribution in [2.75, 3.05) is 23.5 Å². The van der Waals surface area contributed by atoms with Crippen LogP contribution >= 0.6 is 0 Å². The monoisotopic (exact) mass is 257 g/mol. The minimum Gasteiger partial charge on any atom is -0.495 e. The van der Waals surface area contributed by atoms with E-state index >= 15 is 0 Å². The summed E-state index contributed by atoms with van der Waals surface area (Å²) in [5, 5.41) is 5.41. The molecule has 0 atom stereocenters. The molecule has 0 aliphatic rings. The number of rotatable bonds is 3. The van der Waals surface area contributed by atoms with E-state index in [2.05, 4.69) is 10.6 Å². The molecule has 4 N–H and O–H groups in total. The Hall–Kier alpha value is -2.69. The number of carbonyl (C=O) groups is 1. The van der Waals surface area contributed by atoms with Gasteiger partial charge in [-0.1, -0.05) is 18.2 Å². The van der Waals surface area contributed by atoms with E-state index in [9.17, 15) is 4.79 Å². The van der Waals surface area contributed by atoms with E-state index < -0.39 is 0 Å². The van der Waals surface area contributed by atoms with Crippen LogP contribution in [-0.2, 0) is 0 Å². The molecule has 98 valence electrons. The summed E-state index contributed by atoms with van der Waals surface area (Å²) in [5.41, 5.74) is 7.56. The maximum Gasteiger partial charge on any atom is 0.323 e. The van der Waals surface area contributed by atoms with Gasteiger partial charge in [0.05, 0.1) is 12.8 Å². The Balaban J connectivity index is 2.01. The molecule has 2 aromatic carbocycles. The van der Waals surface area contributed by atoms with Crippen molar-refractivity contribution in [2.45, 2.75) is 0 Å². The predicted octanol–water partition coefficient (Wildman–Crippen LogP) is 2.92. The number of nitrogen functional groups attached to an aromatic ring is 1. The third-order valence-electron chi connectivity index (χ3n) is 2.52. The molecule has 0 heterocycles. The molecule has 0 saturated carbocycles. The maximum atomic E-state index is 11.8. The summed E-state index contributed by atoms with van der Waals surface area (Å²) in [7, 11) is 1.54. The van der Waals surface area contributed by atoms with Crippen LogP contribution in [0.25, 0.3) is 0 Å². The lowest BCUT2D eigenvalue weighted by molar-refractivity contribution is 0.262. The van der Waals surface area contributed by atoms with Gasteiger partial charge in [0, 0.05) is 11.4 Å². The second-order valence-electron chi connectivity index (χ2n) is 3.90. The van der Waals surface area contributed by atoms with Crippen LogP contribution in [0.15, 0.2) is 48.5 Å². The lowest BCUT2D eigenvalue weighted by Gasteiger charge is -2.09. The minimum atomic E-state index is -0.323. The Kier molecular flexibility index (Phi) is 3.87. The van der Waals surface area contributed by atoms with Crippen LogP contribution < -0.4 is 21.1 Å². The number of anilines is 3. The van der Waals surface area contributed by atoms with Crippen molar-refractivity contribution in [2.24, 2.45) is 0 Å². The van der Waals surface area contributed by atoms with Gasteiger partial charge < -0.3 is 21.1 Å². The van der Waals surface area contributed by atoms with Gasteiger partial charge in [-0.25, -0.2) is 4.79 Å². The second kappa shape index (κ2) is 5.77. The van der Waals surface area contributed by atoms with Crippen molar-refractivity contribution in [3.63, 3.8) is 0 Å². The van der Waals surface area contributed by atoms with Crippen molar-refractivity contribution < 1.29 is 9.53 Å². The highest BCUT2D eigenvalue weighted by molar-refractivity contribution is 6.00. The van der Waals surface area contributed by atoms with Gasteiger partial charge in [0.2, 0.25) is 0 Å². The van der Waals surface area contributed by atoms with Gasteiger partial charge in [-0.2, -0.15) is 0 Å². The Morgan fingerprint density at radius 3 is 2.37 bits per heavy atom. The number of carbonyl (C=O) groups excluding carboxylic acids is 1. The van der Waals surface area contributed by atoms with Crippen molar-refractivity contribution in [3.05, 3.63) is 48.5 Å². The van der Waals surface area contributed by atoms with E-state index in [-0.39, 0.29) is 6.03 Å². The number of urea groups is 1. The molecule has 2 amide bonds. The minimum absolute atomic E-state index is 0.323. The molecule has 0 bridgehead atoms. The number of benzene rings is 2. The summed E-state index contributed by atoms with van der Waals surface area (Å²) < 4.78 is 5.05. The highest BCUT2D eigenvalue weighted by Gasteiger charge is 2.04. The zero-order chi connectivity index (χ0) is 13.7. The number of amides is 2. The molecule has 5 heteroatoms. The van der Waals surface area contributed by atoms with Crippen LogP contribution in [0.4, 0.5) is 21.9 Å². The van der Waals surface area contributed by atoms with E-state index in [1.807, 2.05) is 30.3 Å². The fraction of sp³-hybridized carbons (Fsp3) is 0.0714. The van der Waals surface area contributed by atoms with Crippen LogP contribution in [0, 0.1) is 0 Å². The molecule has 2 aromatic rings. The number of methoxy groups -OCH3 is 1. The molecule has 0 spiro atoms. The molecular weight excluding hydrogens is 242 g/mol. The van der Waals surface area contributed by atoms with E-state index in [0.29, 0.717) is 17.1 Å². The zero-order valence-electron chi connectivity index (χ0n) is 10.5. The standard InChI is InChI=1S/C14H15N3O2/c1-19-13-8-7-11(9-12(13)15)17-14(18)16-10-5-3-2-4-6-10/h2-9H,15H2,1H3,(H2,16,17,18). The van der Waals surface area contributed by atoms with Crippen LogP contribution in [0.2, 0.25) is 0 Å². The Morgan fingerprint density at radius 2 is 1.74 bits per heavy atom. The molecule has 19 heavy (non-hydrogen) atoms. The van der Waals surface area contributed by atoms with Gasteiger partial charge in [-0.05, 0) is 30.3 Å². The number of para-hydroxylation sites is 1. The van der Waals surface area contributed by atoms with Crippen LogP contribution in [-0.4, -0.2) is 13.1 Å². The van der Waals surface area contributed by atoms with Crippen LogP contribution in [0.5, 0.6) is 5.75 Å². The van der Waals surface area contributed by atoms with Gasteiger partial charge in [0.25, 0.3) is 0 Å². The maximum absolute atomic E-state index is 11.8. The first-order valence-corrected chi connectivity index (χ1v) is 5.75.